The molecule has 3 fully saturated rings. The Morgan fingerprint density at radius 3 is 2.41 bits per heavy atom. The first-order valence-electron chi connectivity index (χ1n) is 10.7. The topological polar surface area (TPSA) is 94.1 Å². The second-order valence-corrected chi connectivity index (χ2v) is 10.5. The van der Waals surface area contributed by atoms with Crippen molar-refractivity contribution in [3.05, 3.63) is 0 Å². The lowest BCUT2D eigenvalue weighted by molar-refractivity contribution is -0.135. The summed E-state index contributed by atoms with van der Waals surface area (Å²) in [7, 11) is -1.08. The highest BCUT2D eigenvalue weighted by Crippen LogP contribution is 2.26. The Hall–Kier alpha value is -0.620. The second-order valence-electron chi connectivity index (χ2n) is 8.24. The summed E-state index contributed by atoms with van der Waals surface area (Å²) in [4.78, 5) is 21.2. The molecular formula is C19H36IN5O3S. The average molecular weight is 542 g/mol. The Morgan fingerprint density at radius 2 is 1.76 bits per heavy atom. The van der Waals surface area contributed by atoms with Crippen molar-refractivity contribution in [3.8, 4) is 0 Å². The van der Waals surface area contributed by atoms with Crippen molar-refractivity contribution in [2.24, 2.45) is 10.9 Å². The van der Waals surface area contributed by atoms with Crippen LogP contribution in [0.25, 0.3) is 0 Å². The number of aliphatic imine (C=N–C) groups is 1. The van der Waals surface area contributed by atoms with Gasteiger partial charge in [-0.2, -0.15) is 0 Å². The molecule has 2 N–H and O–H groups in total. The van der Waals surface area contributed by atoms with E-state index in [0.29, 0.717) is 19.0 Å². The highest BCUT2D eigenvalue weighted by Gasteiger charge is 2.31. The molecule has 0 radical (unpaired) electrons. The van der Waals surface area contributed by atoms with Crippen molar-refractivity contribution in [3.63, 3.8) is 0 Å². The van der Waals surface area contributed by atoms with E-state index >= 15 is 0 Å². The maximum Gasteiger partial charge on any atom is 0.225 e. The number of rotatable bonds is 5. The van der Waals surface area contributed by atoms with E-state index in [1.165, 1.54) is 19.3 Å². The minimum absolute atomic E-state index is 0. The third-order valence-electron chi connectivity index (χ3n) is 6.18. The fourth-order valence-electron chi connectivity index (χ4n) is 4.38. The van der Waals surface area contributed by atoms with Crippen LogP contribution in [0.4, 0.5) is 0 Å². The zero-order chi connectivity index (χ0) is 20.0. The summed E-state index contributed by atoms with van der Waals surface area (Å²) in [6.45, 7) is 4.31. The summed E-state index contributed by atoms with van der Waals surface area (Å²) < 4.78 is 23.0. The number of sulfone groups is 1. The minimum Gasteiger partial charge on any atom is -0.355 e. The molecule has 3 rings (SSSR count). The van der Waals surface area contributed by atoms with Crippen LogP contribution in [0.2, 0.25) is 0 Å². The van der Waals surface area contributed by atoms with Gasteiger partial charge in [0.15, 0.2) is 15.8 Å². The van der Waals surface area contributed by atoms with Crippen molar-refractivity contribution >= 4 is 45.7 Å². The van der Waals surface area contributed by atoms with E-state index in [1.54, 1.807) is 7.05 Å². The fraction of sp³-hybridized carbons (Fsp3) is 0.895. The zero-order valence-electron chi connectivity index (χ0n) is 17.4. The number of likely N-dealkylation sites (tertiary alicyclic amines) is 1. The lowest BCUT2D eigenvalue weighted by Crippen LogP contribution is -2.48. The molecule has 168 valence electrons. The van der Waals surface area contributed by atoms with Gasteiger partial charge in [-0.05, 0) is 19.3 Å². The van der Waals surface area contributed by atoms with E-state index in [2.05, 4.69) is 20.5 Å². The molecule has 29 heavy (non-hydrogen) atoms. The van der Waals surface area contributed by atoms with Gasteiger partial charge in [-0.1, -0.05) is 19.3 Å². The van der Waals surface area contributed by atoms with Crippen LogP contribution in [0.5, 0.6) is 0 Å². The number of carbonyl (C=O) groups excluding carboxylic acids is 1. The van der Waals surface area contributed by atoms with Gasteiger partial charge in [0, 0.05) is 58.3 Å². The predicted octanol–water partition coefficient (Wildman–Crippen LogP) is 0.681. The fourth-order valence-corrected chi connectivity index (χ4v) is 5.66. The molecule has 2 aliphatic heterocycles. The van der Waals surface area contributed by atoms with Gasteiger partial charge in [0.2, 0.25) is 5.91 Å². The van der Waals surface area contributed by atoms with E-state index in [9.17, 15) is 13.2 Å². The van der Waals surface area contributed by atoms with Crippen molar-refractivity contribution in [2.45, 2.75) is 44.6 Å². The van der Waals surface area contributed by atoms with Crippen molar-refractivity contribution in [1.82, 2.24) is 20.4 Å². The molecule has 0 bridgehead atoms. The molecule has 0 aromatic carbocycles. The first-order chi connectivity index (χ1) is 13.5. The molecule has 8 nitrogen and oxygen atoms in total. The Morgan fingerprint density at radius 1 is 1.07 bits per heavy atom. The molecule has 1 saturated carbocycles. The third-order valence-corrected chi connectivity index (χ3v) is 7.79. The number of hydrogen-bond acceptors (Lipinski definition) is 5. The van der Waals surface area contributed by atoms with Crippen LogP contribution in [-0.4, -0.2) is 93.9 Å². The number of halogens is 1. The Balaban J connectivity index is 0.00000300. The molecule has 0 aromatic heterocycles. The number of guanidine groups is 1. The predicted molar refractivity (Wildman–Crippen MR) is 127 cm³/mol. The maximum absolute atomic E-state index is 12.7. The van der Waals surface area contributed by atoms with Crippen molar-refractivity contribution in [2.75, 3.05) is 57.8 Å². The molecule has 10 heteroatoms. The van der Waals surface area contributed by atoms with Crippen molar-refractivity contribution < 1.29 is 13.2 Å². The van der Waals surface area contributed by atoms with Gasteiger partial charge in [-0.25, -0.2) is 8.42 Å². The number of nitrogens with one attached hydrogen (secondary N) is 2. The second kappa shape index (κ2) is 11.7. The SMILES string of the molecule is CN=C(NCCN1CCS(=O)(=O)CC1)NC1CCN(C(=O)C2CCCCC2)C1.I. The third kappa shape index (κ3) is 7.54. The quantitative estimate of drug-likeness (QED) is 0.302. The van der Waals surface area contributed by atoms with Gasteiger partial charge in [0.05, 0.1) is 11.5 Å². The molecule has 2 saturated heterocycles. The van der Waals surface area contributed by atoms with Crippen LogP contribution in [0.15, 0.2) is 4.99 Å². The van der Waals surface area contributed by atoms with E-state index in [0.717, 1.165) is 51.4 Å². The molecule has 1 amide bonds. The average Bonchev–Trinajstić information content (AvgIpc) is 3.17. The highest BCUT2D eigenvalue weighted by atomic mass is 127. The smallest absolute Gasteiger partial charge is 0.225 e. The minimum atomic E-state index is -2.83. The number of hydrogen-bond donors (Lipinski definition) is 2. The van der Waals surface area contributed by atoms with E-state index in [4.69, 9.17) is 0 Å². The van der Waals surface area contributed by atoms with E-state index in [-0.39, 0.29) is 47.4 Å². The first kappa shape index (κ1) is 24.6. The van der Waals surface area contributed by atoms with Gasteiger partial charge in [0.1, 0.15) is 0 Å². The van der Waals surface area contributed by atoms with E-state index < -0.39 is 9.84 Å². The lowest BCUT2D eigenvalue weighted by Gasteiger charge is -2.27. The number of nitrogens with zero attached hydrogens (tertiary/aromatic N) is 3. The van der Waals surface area contributed by atoms with Gasteiger partial charge in [-0.3, -0.25) is 14.7 Å². The molecule has 1 aliphatic carbocycles. The van der Waals surface area contributed by atoms with Gasteiger partial charge in [0.25, 0.3) is 0 Å². The van der Waals surface area contributed by atoms with Crippen LogP contribution in [0, 0.1) is 5.92 Å². The molecule has 3 aliphatic rings. The van der Waals surface area contributed by atoms with E-state index in [1.807, 2.05) is 4.90 Å². The summed E-state index contributed by atoms with van der Waals surface area (Å²) >= 11 is 0. The summed E-state index contributed by atoms with van der Waals surface area (Å²) in [6, 6.07) is 0.235. The first-order valence-corrected chi connectivity index (χ1v) is 12.5. The largest absolute Gasteiger partial charge is 0.355 e. The summed E-state index contributed by atoms with van der Waals surface area (Å²) in [6.07, 6.45) is 6.69. The van der Waals surface area contributed by atoms with Crippen LogP contribution in [-0.2, 0) is 14.6 Å². The molecule has 1 atom stereocenters. The van der Waals surface area contributed by atoms with Gasteiger partial charge < -0.3 is 15.5 Å². The van der Waals surface area contributed by atoms with Gasteiger partial charge >= 0.3 is 0 Å². The van der Waals surface area contributed by atoms with Crippen molar-refractivity contribution in [1.29, 1.82) is 0 Å². The Kier molecular flexibility index (Phi) is 9.93. The molecule has 1 unspecified atom stereocenters. The normalized spacial score (nSPS) is 26.0. The monoisotopic (exact) mass is 541 g/mol. The van der Waals surface area contributed by atoms with Crippen LogP contribution in [0.1, 0.15) is 38.5 Å². The molecule has 0 aromatic rings. The molecule has 2 heterocycles. The van der Waals surface area contributed by atoms with Crippen LogP contribution >= 0.6 is 24.0 Å². The maximum atomic E-state index is 12.7. The Labute approximate surface area is 192 Å². The standard InChI is InChI=1S/C19H35N5O3S.HI/c1-20-19(21-8-10-23-11-13-28(26,27)14-12-23)22-17-7-9-24(15-17)18(25)16-5-3-2-4-6-16;/h16-17H,2-15H2,1H3,(H2,20,21,22);1H. The number of carbonyl (C=O) groups is 1. The number of amides is 1. The van der Waals surface area contributed by atoms with Crippen LogP contribution < -0.4 is 10.6 Å². The molecule has 0 spiro atoms. The van der Waals surface area contributed by atoms with Crippen LogP contribution in [0.3, 0.4) is 0 Å². The van der Waals surface area contributed by atoms with Gasteiger partial charge in [-0.15, -0.1) is 24.0 Å². The zero-order valence-corrected chi connectivity index (χ0v) is 20.6. The summed E-state index contributed by atoms with van der Waals surface area (Å²) in [5, 5.41) is 6.75. The molecular weight excluding hydrogens is 505 g/mol. The summed E-state index contributed by atoms with van der Waals surface area (Å²) in [5.41, 5.74) is 0. The highest BCUT2D eigenvalue weighted by molar-refractivity contribution is 14.0. The lowest BCUT2D eigenvalue weighted by atomic mass is 9.88. The Bertz CT molecular complexity index is 653. The summed E-state index contributed by atoms with van der Waals surface area (Å²) in [5.74, 6) is 1.84.